The lowest BCUT2D eigenvalue weighted by Gasteiger charge is -2.21. The smallest absolute Gasteiger partial charge is 0.408 e. The van der Waals surface area contributed by atoms with E-state index < -0.39 is 11.7 Å². The van der Waals surface area contributed by atoms with Crippen LogP contribution in [-0.2, 0) is 4.74 Å². The molecule has 1 aromatic heterocycles. The highest BCUT2D eigenvalue weighted by Crippen LogP contribution is 2.17. The first-order valence-electron chi connectivity index (χ1n) is 5.07. The second-order valence-corrected chi connectivity index (χ2v) is 5.74. The van der Waals surface area contributed by atoms with Gasteiger partial charge in [0.1, 0.15) is 15.6 Å². The molecule has 16 heavy (non-hydrogen) atoms. The molecule has 0 spiro atoms. The van der Waals surface area contributed by atoms with Crippen molar-refractivity contribution in [2.45, 2.75) is 46.3 Å². The maximum absolute atomic E-state index is 11.5. The lowest BCUT2D eigenvalue weighted by Crippen LogP contribution is -2.34. The topological polar surface area (TPSA) is 64.1 Å². The lowest BCUT2D eigenvalue weighted by molar-refractivity contribution is 0.0508. The van der Waals surface area contributed by atoms with Crippen LogP contribution in [0.5, 0.6) is 0 Å². The van der Waals surface area contributed by atoms with Crippen molar-refractivity contribution in [2.75, 3.05) is 0 Å². The molecule has 1 rings (SSSR count). The summed E-state index contributed by atoms with van der Waals surface area (Å²) in [6.45, 7) is 9.20. The minimum absolute atomic E-state index is 0.180. The quantitative estimate of drug-likeness (QED) is 0.866. The van der Waals surface area contributed by atoms with Gasteiger partial charge in [-0.2, -0.15) is 0 Å². The van der Waals surface area contributed by atoms with Gasteiger partial charge in [-0.1, -0.05) is 11.3 Å². The van der Waals surface area contributed by atoms with Gasteiger partial charge in [0, 0.05) is 0 Å². The van der Waals surface area contributed by atoms with Crippen LogP contribution in [0.15, 0.2) is 0 Å². The summed E-state index contributed by atoms with van der Waals surface area (Å²) >= 11 is 1.46. The number of amides is 1. The number of carbonyl (C=O) groups is 1. The van der Waals surface area contributed by atoms with E-state index in [-0.39, 0.29) is 6.04 Å². The summed E-state index contributed by atoms with van der Waals surface area (Å²) in [5.41, 5.74) is -0.485. The molecule has 1 atom stereocenters. The molecule has 0 saturated carbocycles. The molecule has 90 valence electrons. The Morgan fingerprint density at radius 1 is 1.44 bits per heavy atom. The summed E-state index contributed by atoms with van der Waals surface area (Å²) in [4.78, 5) is 11.5. The van der Waals surface area contributed by atoms with Crippen molar-refractivity contribution in [2.24, 2.45) is 0 Å². The first-order chi connectivity index (χ1) is 7.28. The third-order valence-electron chi connectivity index (χ3n) is 1.65. The third-order valence-corrected chi connectivity index (χ3v) is 2.67. The molecule has 0 aromatic carbocycles. The highest BCUT2D eigenvalue weighted by molar-refractivity contribution is 7.11. The Hall–Kier alpha value is -1.17. The van der Waals surface area contributed by atoms with Crippen LogP contribution in [0.3, 0.4) is 0 Å². The number of rotatable bonds is 2. The van der Waals surface area contributed by atoms with E-state index in [1.807, 2.05) is 34.6 Å². The molecule has 1 amide bonds. The number of aromatic nitrogens is 2. The molecule has 0 aliphatic rings. The Kier molecular flexibility index (Phi) is 3.85. The molecule has 1 N–H and O–H groups in total. The van der Waals surface area contributed by atoms with Crippen molar-refractivity contribution >= 4 is 17.4 Å². The fraction of sp³-hybridized carbons (Fsp3) is 0.700. The first kappa shape index (κ1) is 12.9. The normalized spacial score (nSPS) is 13.3. The molecule has 0 bridgehead atoms. The fourth-order valence-electron chi connectivity index (χ4n) is 1.03. The molecule has 6 heteroatoms. The van der Waals surface area contributed by atoms with Gasteiger partial charge in [0.25, 0.3) is 0 Å². The van der Waals surface area contributed by atoms with Crippen molar-refractivity contribution in [3.8, 4) is 0 Å². The number of hydrogen-bond acceptors (Lipinski definition) is 5. The van der Waals surface area contributed by atoms with Crippen LogP contribution >= 0.6 is 11.3 Å². The molecule has 0 saturated heterocycles. The van der Waals surface area contributed by atoms with Gasteiger partial charge in [-0.05, 0) is 34.6 Å². The Labute approximate surface area is 99.2 Å². The van der Waals surface area contributed by atoms with Gasteiger partial charge in [0.2, 0.25) is 0 Å². The Morgan fingerprint density at radius 3 is 2.50 bits per heavy atom. The maximum Gasteiger partial charge on any atom is 0.408 e. The predicted molar refractivity (Wildman–Crippen MR) is 62.4 cm³/mol. The van der Waals surface area contributed by atoms with Crippen LogP contribution in [0.1, 0.15) is 43.8 Å². The largest absolute Gasteiger partial charge is 0.444 e. The van der Waals surface area contributed by atoms with Crippen LogP contribution in [0.25, 0.3) is 0 Å². The SMILES string of the molecule is Cc1nnc([C@@H](C)NC(=O)OC(C)(C)C)s1. The molecule has 0 unspecified atom stereocenters. The van der Waals surface area contributed by atoms with E-state index in [4.69, 9.17) is 4.74 Å². The third kappa shape index (κ3) is 4.14. The molecular weight excluding hydrogens is 226 g/mol. The zero-order valence-corrected chi connectivity index (χ0v) is 11.0. The summed E-state index contributed by atoms with van der Waals surface area (Å²) in [5, 5.41) is 12.2. The van der Waals surface area contributed by atoms with E-state index >= 15 is 0 Å². The maximum atomic E-state index is 11.5. The van der Waals surface area contributed by atoms with Crippen LogP contribution in [0, 0.1) is 6.92 Å². The summed E-state index contributed by atoms with van der Waals surface area (Å²) in [6.07, 6.45) is -0.437. The monoisotopic (exact) mass is 243 g/mol. The zero-order chi connectivity index (χ0) is 12.3. The van der Waals surface area contributed by atoms with E-state index in [0.717, 1.165) is 10.0 Å². The van der Waals surface area contributed by atoms with Crippen LogP contribution in [0.4, 0.5) is 4.79 Å². The number of nitrogens with zero attached hydrogens (tertiary/aromatic N) is 2. The minimum Gasteiger partial charge on any atom is -0.444 e. The van der Waals surface area contributed by atoms with Crippen molar-refractivity contribution in [1.82, 2.24) is 15.5 Å². The number of alkyl carbamates (subject to hydrolysis) is 1. The van der Waals surface area contributed by atoms with Crippen LogP contribution in [-0.4, -0.2) is 21.9 Å². The summed E-state index contributed by atoms with van der Waals surface area (Å²) < 4.78 is 5.14. The van der Waals surface area contributed by atoms with Crippen molar-refractivity contribution in [3.63, 3.8) is 0 Å². The highest BCUT2D eigenvalue weighted by atomic mass is 32.1. The fourth-order valence-corrected chi connectivity index (χ4v) is 1.73. The van der Waals surface area contributed by atoms with Crippen LogP contribution in [0.2, 0.25) is 0 Å². The van der Waals surface area contributed by atoms with Crippen molar-refractivity contribution < 1.29 is 9.53 Å². The van der Waals surface area contributed by atoms with Crippen molar-refractivity contribution in [3.05, 3.63) is 10.0 Å². The second-order valence-electron chi connectivity index (χ2n) is 4.53. The van der Waals surface area contributed by atoms with E-state index in [0.29, 0.717) is 0 Å². The molecule has 1 aromatic rings. The van der Waals surface area contributed by atoms with Gasteiger partial charge in [0.15, 0.2) is 0 Å². The number of carbonyl (C=O) groups excluding carboxylic acids is 1. The average Bonchev–Trinajstić information content (AvgIpc) is 2.47. The Bertz CT molecular complexity index is 370. The summed E-state index contributed by atoms with van der Waals surface area (Å²) in [7, 11) is 0. The first-order valence-corrected chi connectivity index (χ1v) is 5.89. The summed E-state index contributed by atoms with van der Waals surface area (Å²) in [5.74, 6) is 0. The molecular formula is C10H17N3O2S. The summed E-state index contributed by atoms with van der Waals surface area (Å²) in [6, 6.07) is -0.180. The van der Waals surface area contributed by atoms with Gasteiger partial charge >= 0.3 is 6.09 Å². The lowest BCUT2D eigenvalue weighted by atomic mass is 10.2. The molecule has 0 radical (unpaired) electrons. The number of nitrogens with one attached hydrogen (secondary N) is 1. The molecule has 5 nitrogen and oxygen atoms in total. The Balaban J connectivity index is 2.52. The molecule has 0 aliphatic carbocycles. The molecule has 1 heterocycles. The van der Waals surface area contributed by atoms with E-state index in [9.17, 15) is 4.79 Å². The van der Waals surface area contributed by atoms with Gasteiger partial charge in [-0.15, -0.1) is 10.2 Å². The average molecular weight is 243 g/mol. The van der Waals surface area contributed by atoms with Crippen molar-refractivity contribution in [1.29, 1.82) is 0 Å². The molecule has 0 fully saturated rings. The zero-order valence-electron chi connectivity index (χ0n) is 10.2. The van der Waals surface area contributed by atoms with E-state index in [1.54, 1.807) is 0 Å². The molecule has 0 aliphatic heterocycles. The minimum atomic E-state index is -0.485. The highest BCUT2D eigenvalue weighted by Gasteiger charge is 2.19. The van der Waals surface area contributed by atoms with Gasteiger partial charge in [0.05, 0.1) is 6.04 Å². The number of hydrogen-bond donors (Lipinski definition) is 1. The standard InChI is InChI=1S/C10H17N3O2S/c1-6(8-13-12-7(2)16-8)11-9(14)15-10(3,4)5/h6H,1-5H3,(H,11,14)/t6-/m1/s1. The van der Waals surface area contributed by atoms with E-state index in [1.165, 1.54) is 11.3 Å². The Morgan fingerprint density at radius 2 is 2.06 bits per heavy atom. The predicted octanol–water partition coefficient (Wildman–Crippen LogP) is 2.43. The second kappa shape index (κ2) is 4.78. The van der Waals surface area contributed by atoms with Gasteiger partial charge < -0.3 is 10.1 Å². The van der Waals surface area contributed by atoms with Crippen LogP contribution < -0.4 is 5.32 Å². The van der Waals surface area contributed by atoms with Gasteiger partial charge in [-0.3, -0.25) is 0 Å². The number of ether oxygens (including phenoxy) is 1. The van der Waals surface area contributed by atoms with E-state index in [2.05, 4.69) is 15.5 Å². The van der Waals surface area contributed by atoms with Gasteiger partial charge in [-0.25, -0.2) is 4.79 Å². The number of aryl methyl sites for hydroxylation is 1.